The molecular weight excluding hydrogens is 301 g/mol. The summed E-state index contributed by atoms with van der Waals surface area (Å²) in [6, 6.07) is 12.1. The number of nitrogens with zero attached hydrogens (tertiary/aromatic N) is 1. The summed E-state index contributed by atoms with van der Waals surface area (Å²) in [5.41, 5.74) is 2.89. The third-order valence-electron chi connectivity index (χ3n) is 2.82. The van der Waals surface area contributed by atoms with Crippen LogP contribution in [0.1, 0.15) is 18.1 Å². The molecule has 0 radical (unpaired) electrons. The number of para-hydroxylation sites is 1. The van der Waals surface area contributed by atoms with Crippen LogP contribution in [0.2, 0.25) is 5.02 Å². The molecular formula is C15H12ClF3N2. The first kappa shape index (κ1) is 15.4. The van der Waals surface area contributed by atoms with Gasteiger partial charge >= 0.3 is 6.18 Å². The summed E-state index contributed by atoms with van der Waals surface area (Å²) in [5.74, 6) is 0. The smallest absolute Gasteiger partial charge is 0.278 e. The average molecular weight is 313 g/mol. The lowest BCUT2D eigenvalue weighted by Gasteiger charge is -2.12. The van der Waals surface area contributed by atoms with Crippen LogP contribution in [-0.4, -0.2) is 5.71 Å². The van der Waals surface area contributed by atoms with E-state index in [0.717, 1.165) is 11.6 Å². The molecule has 0 saturated carbocycles. The minimum absolute atomic E-state index is 0.0913. The lowest BCUT2D eigenvalue weighted by atomic mass is 10.1. The van der Waals surface area contributed by atoms with Crippen LogP contribution < -0.4 is 5.43 Å². The Balaban J connectivity index is 2.25. The highest BCUT2D eigenvalue weighted by Gasteiger charge is 2.33. The van der Waals surface area contributed by atoms with Crippen molar-refractivity contribution >= 4 is 23.0 Å². The van der Waals surface area contributed by atoms with E-state index in [2.05, 4.69) is 10.5 Å². The van der Waals surface area contributed by atoms with Gasteiger partial charge in [-0.25, -0.2) is 0 Å². The van der Waals surface area contributed by atoms with Crippen molar-refractivity contribution in [3.63, 3.8) is 0 Å². The molecule has 0 heterocycles. The lowest BCUT2D eigenvalue weighted by Crippen LogP contribution is -2.09. The zero-order valence-corrected chi connectivity index (χ0v) is 11.8. The fourth-order valence-corrected chi connectivity index (χ4v) is 1.94. The Morgan fingerprint density at radius 3 is 2.48 bits per heavy atom. The molecule has 0 unspecified atom stereocenters. The van der Waals surface area contributed by atoms with Crippen molar-refractivity contribution < 1.29 is 13.2 Å². The second kappa shape index (κ2) is 6.18. The van der Waals surface area contributed by atoms with Gasteiger partial charge in [0, 0.05) is 5.02 Å². The Morgan fingerprint density at radius 2 is 1.81 bits per heavy atom. The van der Waals surface area contributed by atoms with E-state index >= 15 is 0 Å². The second-order valence-corrected chi connectivity index (χ2v) is 4.80. The third-order valence-corrected chi connectivity index (χ3v) is 3.05. The number of hydrogen-bond donors (Lipinski definition) is 1. The maximum absolute atomic E-state index is 12.8. The standard InChI is InChI=1S/C15H12ClF3N2/c1-10(11-5-4-6-12(16)9-11)20-21-14-8-3-2-7-13(14)15(17,18)19/h2-9,21H,1H3/b20-10-. The van der Waals surface area contributed by atoms with E-state index < -0.39 is 11.7 Å². The molecule has 0 aliphatic carbocycles. The fraction of sp³-hybridized carbons (Fsp3) is 0.133. The summed E-state index contributed by atoms with van der Waals surface area (Å²) in [6.07, 6.45) is -4.43. The fourth-order valence-electron chi connectivity index (χ4n) is 1.75. The van der Waals surface area contributed by atoms with Crippen LogP contribution in [0.5, 0.6) is 0 Å². The van der Waals surface area contributed by atoms with Crippen LogP contribution in [0.25, 0.3) is 0 Å². The first-order valence-electron chi connectivity index (χ1n) is 6.10. The van der Waals surface area contributed by atoms with Crippen LogP contribution in [0.4, 0.5) is 18.9 Å². The summed E-state index contributed by atoms with van der Waals surface area (Å²) in [5, 5.41) is 4.53. The number of nitrogens with one attached hydrogen (secondary N) is 1. The third kappa shape index (κ3) is 3.98. The molecule has 0 aliphatic heterocycles. The Morgan fingerprint density at radius 1 is 1.10 bits per heavy atom. The normalized spacial score (nSPS) is 12.3. The Kier molecular flexibility index (Phi) is 4.53. The van der Waals surface area contributed by atoms with E-state index in [9.17, 15) is 13.2 Å². The monoisotopic (exact) mass is 312 g/mol. The average Bonchev–Trinajstić information content (AvgIpc) is 2.44. The molecule has 2 aromatic rings. The number of anilines is 1. The van der Waals surface area contributed by atoms with Crippen LogP contribution >= 0.6 is 11.6 Å². The molecule has 0 saturated heterocycles. The van der Waals surface area contributed by atoms with E-state index in [1.54, 1.807) is 31.2 Å². The van der Waals surface area contributed by atoms with Crippen LogP contribution in [0, 0.1) is 0 Å². The van der Waals surface area contributed by atoms with Crippen molar-refractivity contribution in [3.05, 3.63) is 64.7 Å². The molecule has 2 nitrogen and oxygen atoms in total. The minimum Gasteiger partial charge on any atom is -0.278 e. The molecule has 2 rings (SSSR count). The highest BCUT2D eigenvalue weighted by molar-refractivity contribution is 6.31. The van der Waals surface area contributed by atoms with E-state index in [-0.39, 0.29) is 5.69 Å². The van der Waals surface area contributed by atoms with Crippen molar-refractivity contribution in [1.29, 1.82) is 0 Å². The summed E-state index contributed by atoms with van der Waals surface area (Å²) >= 11 is 5.87. The van der Waals surface area contributed by atoms with Gasteiger partial charge in [-0.15, -0.1) is 0 Å². The van der Waals surface area contributed by atoms with Crippen LogP contribution in [-0.2, 0) is 6.18 Å². The zero-order chi connectivity index (χ0) is 15.5. The van der Waals surface area contributed by atoms with Gasteiger partial charge in [0.25, 0.3) is 0 Å². The van der Waals surface area contributed by atoms with Gasteiger partial charge < -0.3 is 0 Å². The highest BCUT2D eigenvalue weighted by atomic mass is 35.5. The second-order valence-electron chi connectivity index (χ2n) is 4.36. The maximum Gasteiger partial charge on any atom is 0.418 e. The maximum atomic E-state index is 12.8. The predicted octanol–water partition coefficient (Wildman–Crippen LogP) is 5.19. The molecule has 0 atom stereocenters. The Labute approximate surface area is 125 Å². The van der Waals surface area contributed by atoms with E-state index in [1.165, 1.54) is 18.2 Å². The minimum atomic E-state index is -4.43. The Bertz CT molecular complexity index is 666. The Hall–Kier alpha value is -2.01. The molecule has 21 heavy (non-hydrogen) atoms. The number of alkyl halides is 3. The number of hydrogen-bond acceptors (Lipinski definition) is 2. The first-order valence-corrected chi connectivity index (χ1v) is 6.48. The number of hydrazone groups is 1. The number of halogens is 4. The van der Waals surface area contributed by atoms with E-state index in [0.29, 0.717) is 10.7 Å². The van der Waals surface area contributed by atoms with E-state index in [4.69, 9.17) is 11.6 Å². The topological polar surface area (TPSA) is 24.4 Å². The molecule has 0 bridgehead atoms. The van der Waals surface area contributed by atoms with E-state index in [1.807, 2.05) is 0 Å². The number of rotatable bonds is 3. The lowest BCUT2D eigenvalue weighted by molar-refractivity contribution is -0.136. The van der Waals surface area contributed by atoms with Crippen molar-refractivity contribution in [1.82, 2.24) is 0 Å². The zero-order valence-electron chi connectivity index (χ0n) is 11.1. The first-order chi connectivity index (χ1) is 9.88. The van der Waals surface area contributed by atoms with Gasteiger partial charge in [-0.1, -0.05) is 35.9 Å². The van der Waals surface area contributed by atoms with Crippen molar-refractivity contribution in [2.24, 2.45) is 5.10 Å². The van der Waals surface area contributed by atoms with Gasteiger partial charge in [0.05, 0.1) is 17.0 Å². The molecule has 1 N–H and O–H groups in total. The van der Waals surface area contributed by atoms with Gasteiger partial charge in [0.1, 0.15) is 0 Å². The summed E-state index contributed by atoms with van der Waals surface area (Å²) in [7, 11) is 0. The molecule has 0 aromatic heterocycles. The number of benzene rings is 2. The van der Waals surface area contributed by atoms with Gasteiger partial charge in [0.2, 0.25) is 0 Å². The highest BCUT2D eigenvalue weighted by Crippen LogP contribution is 2.34. The van der Waals surface area contributed by atoms with Crippen molar-refractivity contribution in [2.75, 3.05) is 5.43 Å². The molecule has 2 aromatic carbocycles. The molecule has 6 heteroatoms. The predicted molar refractivity (Wildman–Crippen MR) is 78.7 cm³/mol. The largest absolute Gasteiger partial charge is 0.418 e. The van der Waals surface area contributed by atoms with Crippen LogP contribution in [0.15, 0.2) is 53.6 Å². The van der Waals surface area contributed by atoms with Gasteiger partial charge in [-0.05, 0) is 36.8 Å². The molecule has 0 spiro atoms. The summed E-state index contributed by atoms with van der Waals surface area (Å²) in [4.78, 5) is 0. The summed E-state index contributed by atoms with van der Waals surface area (Å²) < 4.78 is 38.5. The van der Waals surface area contributed by atoms with Crippen molar-refractivity contribution in [3.8, 4) is 0 Å². The van der Waals surface area contributed by atoms with Crippen molar-refractivity contribution in [2.45, 2.75) is 13.1 Å². The van der Waals surface area contributed by atoms with Crippen LogP contribution in [0.3, 0.4) is 0 Å². The van der Waals surface area contributed by atoms with Gasteiger partial charge in [0.15, 0.2) is 0 Å². The molecule has 0 aliphatic rings. The quantitative estimate of drug-likeness (QED) is 0.611. The molecule has 110 valence electrons. The molecule has 0 fully saturated rings. The summed E-state index contributed by atoms with van der Waals surface area (Å²) in [6.45, 7) is 1.69. The van der Waals surface area contributed by atoms with Gasteiger partial charge in [-0.3, -0.25) is 5.43 Å². The molecule has 0 amide bonds. The van der Waals surface area contributed by atoms with Gasteiger partial charge in [-0.2, -0.15) is 18.3 Å². The SMILES string of the molecule is C/C(=N/Nc1ccccc1C(F)(F)F)c1cccc(Cl)c1.